The van der Waals surface area contributed by atoms with E-state index in [0.29, 0.717) is 0 Å². The molecule has 1 saturated heterocycles. The van der Waals surface area contributed by atoms with E-state index in [4.69, 9.17) is 15.8 Å². The first-order valence-electron chi connectivity index (χ1n) is 4.89. The Labute approximate surface area is 101 Å². The van der Waals surface area contributed by atoms with Crippen LogP contribution in [0.2, 0.25) is 0 Å². The molecule has 1 aromatic carbocycles. The molecule has 15 heavy (non-hydrogen) atoms. The molecule has 1 aromatic rings. The molecule has 2 atom stereocenters. The molecule has 0 saturated carbocycles. The minimum absolute atomic E-state index is 0.0397. The van der Waals surface area contributed by atoms with E-state index in [2.05, 4.69) is 36.0 Å². The van der Waals surface area contributed by atoms with Gasteiger partial charge in [-0.1, -0.05) is 0 Å². The summed E-state index contributed by atoms with van der Waals surface area (Å²) in [4.78, 5) is 0. The summed E-state index contributed by atoms with van der Waals surface area (Å²) in [5.74, 6) is 0. The quantitative estimate of drug-likeness (QED) is 0.613. The molecule has 1 aliphatic heterocycles. The number of halogens is 1. The third kappa shape index (κ3) is 2.17. The van der Waals surface area contributed by atoms with Crippen LogP contribution in [0.5, 0.6) is 0 Å². The molecule has 2 nitrogen and oxygen atoms in total. The van der Waals surface area contributed by atoms with E-state index in [1.54, 1.807) is 0 Å². The first kappa shape index (κ1) is 11.7. The molecule has 0 aliphatic carbocycles. The Morgan fingerprint density at radius 1 is 1.40 bits per heavy atom. The topological polar surface area (TPSA) is 12.5 Å². The zero-order chi connectivity index (χ0) is 11.1. The number of hydrogen-bond donors (Lipinski definition) is 1. The molecular formula is C10H15ClNOPS. The van der Waals surface area contributed by atoms with Crippen LogP contribution in [0, 0.1) is 0 Å². The van der Waals surface area contributed by atoms with Gasteiger partial charge in [0.2, 0.25) is 0 Å². The number of hydrogen-bond acceptors (Lipinski definition) is 3. The normalized spacial score (nSPS) is 32.8. The molecule has 1 fully saturated rings. The van der Waals surface area contributed by atoms with Gasteiger partial charge in [-0.3, -0.25) is 0 Å². The Bertz CT molecular complexity index is 349. The summed E-state index contributed by atoms with van der Waals surface area (Å²) in [5, 5.41) is 0. The molecule has 0 amide bonds. The molecule has 1 aliphatic rings. The minimum atomic E-state index is -2.45. The zero-order valence-electron chi connectivity index (χ0n) is 8.72. The van der Waals surface area contributed by atoms with Crippen molar-refractivity contribution in [3.05, 3.63) is 35.9 Å². The summed E-state index contributed by atoms with van der Waals surface area (Å²) >= 11 is 10.7. The van der Waals surface area contributed by atoms with E-state index in [-0.39, 0.29) is 12.1 Å². The van der Waals surface area contributed by atoms with Crippen molar-refractivity contribution in [1.29, 1.82) is 0 Å². The van der Waals surface area contributed by atoms with Crippen molar-refractivity contribution in [2.45, 2.75) is 19.1 Å². The SMILES string of the molecule is C[C@H]1[C@H](c2ccccc2)O[PH](S)(Cl)N1C. The second-order valence-corrected chi connectivity index (χ2v) is 9.97. The summed E-state index contributed by atoms with van der Waals surface area (Å²) in [6, 6.07) is 10.4. The molecule has 0 unspecified atom stereocenters. The predicted molar refractivity (Wildman–Crippen MR) is 70.6 cm³/mol. The van der Waals surface area contributed by atoms with Gasteiger partial charge in [0.1, 0.15) is 0 Å². The number of likely N-dealkylation sites (N-methyl/N-ethyl adjacent to an activating group) is 1. The number of benzene rings is 1. The van der Waals surface area contributed by atoms with Crippen LogP contribution in [0.25, 0.3) is 0 Å². The van der Waals surface area contributed by atoms with Crippen LogP contribution in [-0.4, -0.2) is 17.8 Å². The van der Waals surface area contributed by atoms with E-state index in [0.717, 1.165) is 0 Å². The van der Waals surface area contributed by atoms with Crippen LogP contribution in [0.15, 0.2) is 30.3 Å². The summed E-state index contributed by atoms with van der Waals surface area (Å²) in [6.07, 6.45) is -2.41. The first-order valence-corrected chi connectivity index (χ1v) is 9.05. The fourth-order valence-electron chi connectivity index (χ4n) is 1.79. The Kier molecular flexibility index (Phi) is 3.30. The summed E-state index contributed by atoms with van der Waals surface area (Å²) in [5.41, 5.74) is 1.17. The molecule has 1 heterocycles. The number of nitrogens with zero attached hydrogens (tertiary/aromatic N) is 1. The van der Waals surface area contributed by atoms with Gasteiger partial charge in [-0.25, -0.2) is 0 Å². The predicted octanol–water partition coefficient (Wildman–Crippen LogP) is 3.66. The molecule has 5 heteroatoms. The Balaban J connectivity index is 2.27. The second-order valence-electron chi connectivity index (χ2n) is 3.83. The van der Waals surface area contributed by atoms with Gasteiger partial charge in [-0.2, -0.15) is 0 Å². The fourth-order valence-corrected chi connectivity index (χ4v) is 4.88. The number of rotatable bonds is 1. The number of thiol groups is 1. The maximum atomic E-state index is 6.26. The van der Waals surface area contributed by atoms with Crippen molar-refractivity contribution in [2.24, 2.45) is 0 Å². The summed E-state index contributed by atoms with van der Waals surface area (Å²) in [7, 11) is 1.97. The van der Waals surface area contributed by atoms with Crippen LogP contribution in [0.1, 0.15) is 18.6 Å². The summed E-state index contributed by atoms with van der Waals surface area (Å²) in [6.45, 7) is 2.12. The van der Waals surface area contributed by atoms with Gasteiger partial charge in [0.25, 0.3) is 0 Å². The molecule has 2 rings (SSSR count). The molecule has 0 N–H and O–H groups in total. The van der Waals surface area contributed by atoms with Gasteiger partial charge >= 0.3 is 101 Å². The van der Waals surface area contributed by atoms with Crippen molar-refractivity contribution in [3.63, 3.8) is 0 Å². The Morgan fingerprint density at radius 3 is 2.47 bits per heavy atom. The van der Waals surface area contributed by atoms with Crippen LogP contribution in [-0.2, 0) is 4.52 Å². The maximum absolute atomic E-state index is 6.26. The Morgan fingerprint density at radius 2 is 2.00 bits per heavy atom. The van der Waals surface area contributed by atoms with E-state index >= 15 is 0 Å². The van der Waals surface area contributed by atoms with Gasteiger partial charge in [0.15, 0.2) is 0 Å². The molecular weight excluding hydrogens is 249 g/mol. The van der Waals surface area contributed by atoms with E-state index in [1.807, 2.05) is 25.2 Å². The van der Waals surface area contributed by atoms with Gasteiger partial charge in [-0.15, -0.1) is 0 Å². The van der Waals surface area contributed by atoms with Crippen molar-refractivity contribution in [1.82, 2.24) is 4.67 Å². The average molecular weight is 264 g/mol. The van der Waals surface area contributed by atoms with Gasteiger partial charge < -0.3 is 0 Å². The molecule has 0 bridgehead atoms. The van der Waals surface area contributed by atoms with Crippen LogP contribution in [0.3, 0.4) is 0 Å². The van der Waals surface area contributed by atoms with Gasteiger partial charge in [-0.05, 0) is 0 Å². The van der Waals surface area contributed by atoms with Crippen molar-refractivity contribution in [2.75, 3.05) is 7.05 Å². The third-order valence-corrected chi connectivity index (χ3v) is 7.05. The standard InChI is InChI=1S/C10H15ClNOPS/c1-8-10(9-6-4-3-5-7-9)13-14(11,15)12(8)2/h3-8,10,14-15H,1-2H3/t8-,10+/m0/s1. The molecule has 0 radical (unpaired) electrons. The first-order chi connectivity index (χ1) is 7.02. The van der Waals surface area contributed by atoms with Crippen molar-refractivity contribution < 1.29 is 4.52 Å². The van der Waals surface area contributed by atoms with E-state index < -0.39 is 6.19 Å². The van der Waals surface area contributed by atoms with Crippen molar-refractivity contribution >= 4 is 29.7 Å². The van der Waals surface area contributed by atoms with Gasteiger partial charge in [0.05, 0.1) is 0 Å². The monoisotopic (exact) mass is 263 g/mol. The van der Waals surface area contributed by atoms with Gasteiger partial charge in [0, 0.05) is 0 Å². The molecule has 0 aromatic heterocycles. The zero-order valence-corrected chi connectivity index (χ0v) is 11.4. The van der Waals surface area contributed by atoms with Crippen LogP contribution < -0.4 is 0 Å². The summed E-state index contributed by atoms with van der Waals surface area (Å²) < 4.78 is 7.90. The Hall–Kier alpha value is 0.210. The average Bonchev–Trinajstić information content (AvgIpc) is 2.44. The third-order valence-electron chi connectivity index (χ3n) is 2.89. The molecule has 84 valence electrons. The second kappa shape index (κ2) is 4.23. The van der Waals surface area contributed by atoms with Crippen molar-refractivity contribution in [3.8, 4) is 0 Å². The van der Waals surface area contributed by atoms with E-state index in [9.17, 15) is 0 Å². The van der Waals surface area contributed by atoms with E-state index in [1.165, 1.54) is 5.56 Å². The van der Waals surface area contributed by atoms with Crippen LogP contribution >= 0.6 is 29.7 Å². The fraction of sp³-hybridized carbons (Fsp3) is 0.400. The van der Waals surface area contributed by atoms with Crippen LogP contribution in [0.4, 0.5) is 0 Å². The molecule has 0 spiro atoms.